The minimum Gasteiger partial charge on any atom is -0.383 e. The Hall–Kier alpha value is -1.36. The third-order valence-electron chi connectivity index (χ3n) is 1.87. The van der Waals surface area contributed by atoms with Crippen LogP contribution in [-0.4, -0.2) is 14.8 Å². The highest BCUT2D eigenvalue weighted by Gasteiger charge is 2.06. The average Bonchev–Trinajstić information content (AvgIpc) is 2.56. The van der Waals surface area contributed by atoms with Gasteiger partial charge in [-0.15, -0.1) is 0 Å². The topological polar surface area (TPSA) is 56.7 Å². The van der Waals surface area contributed by atoms with Crippen LogP contribution in [0.15, 0.2) is 29.0 Å². The maximum absolute atomic E-state index is 5.75. The first kappa shape index (κ1) is 9.21. The van der Waals surface area contributed by atoms with Gasteiger partial charge in [0.05, 0.1) is 5.69 Å². The Labute approximate surface area is 89.9 Å². The number of rotatable bonds is 1. The summed E-state index contributed by atoms with van der Waals surface area (Å²) in [5.41, 5.74) is 7.43. The van der Waals surface area contributed by atoms with E-state index in [4.69, 9.17) is 5.73 Å². The van der Waals surface area contributed by atoms with Crippen LogP contribution in [0.3, 0.4) is 0 Å². The summed E-state index contributed by atoms with van der Waals surface area (Å²) in [6, 6.07) is 3.81. The van der Waals surface area contributed by atoms with Gasteiger partial charge in [0.1, 0.15) is 5.82 Å². The predicted octanol–water partition coefficient (Wildman–Crippen LogP) is 1.83. The molecular weight excluding hydrogens is 244 g/mol. The Bertz CT molecular complexity index is 464. The number of nitrogens with two attached hydrogens (primary N) is 1. The first-order chi connectivity index (χ1) is 6.66. The number of aromatic nitrogens is 3. The second-order valence-electron chi connectivity index (χ2n) is 2.96. The number of halogens is 1. The molecule has 4 nitrogen and oxygen atoms in total. The third-order valence-corrected chi connectivity index (χ3v) is 2.31. The Kier molecular flexibility index (Phi) is 2.25. The summed E-state index contributed by atoms with van der Waals surface area (Å²) in [7, 11) is 1.87. The molecular formula is C9H9BrN4. The van der Waals surface area contributed by atoms with Gasteiger partial charge >= 0.3 is 0 Å². The number of anilines is 1. The van der Waals surface area contributed by atoms with E-state index in [0.717, 1.165) is 15.7 Å². The third kappa shape index (κ3) is 1.63. The monoisotopic (exact) mass is 252 g/mol. The molecule has 2 N–H and O–H groups in total. The van der Waals surface area contributed by atoms with Crippen LogP contribution >= 0.6 is 15.9 Å². The lowest BCUT2D eigenvalue weighted by atomic mass is 10.2. The van der Waals surface area contributed by atoms with Crippen LogP contribution in [0.1, 0.15) is 0 Å². The molecule has 0 radical (unpaired) electrons. The SMILES string of the molecule is Cn1ccc(-c2cc(Br)cnc2N)n1. The lowest BCUT2D eigenvalue weighted by molar-refractivity contribution is 0.771. The molecule has 2 rings (SSSR count). The first-order valence-corrected chi connectivity index (χ1v) is 4.87. The summed E-state index contributed by atoms with van der Waals surface area (Å²) in [4.78, 5) is 4.05. The maximum Gasteiger partial charge on any atom is 0.132 e. The van der Waals surface area contributed by atoms with Crippen LogP contribution < -0.4 is 5.73 Å². The van der Waals surface area contributed by atoms with Crippen molar-refractivity contribution in [3.8, 4) is 11.3 Å². The van der Waals surface area contributed by atoms with Crippen molar-refractivity contribution in [3.63, 3.8) is 0 Å². The average molecular weight is 253 g/mol. The molecule has 0 aliphatic heterocycles. The normalized spacial score (nSPS) is 10.4. The smallest absolute Gasteiger partial charge is 0.132 e. The number of nitrogen functional groups attached to an aromatic ring is 1. The fourth-order valence-electron chi connectivity index (χ4n) is 1.21. The zero-order chi connectivity index (χ0) is 10.1. The molecule has 2 aromatic rings. The molecule has 0 aliphatic rings. The van der Waals surface area contributed by atoms with Gasteiger partial charge in [-0.1, -0.05) is 0 Å². The van der Waals surface area contributed by atoms with Gasteiger partial charge < -0.3 is 5.73 Å². The summed E-state index contributed by atoms with van der Waals surface area (Å²) < 4.78 is 2.63. The van der Waals surface area contributed by atoms with Crippen LogP contribution in [0.25, 0.3) is 11.3 Å². The highest BCUT2D eigenvalue weighted by molar-refractivity contribution is 9.10. The molecule has 0 saturated heterocycles. The van der Waals surface area contributed by atoms with E-state index >= 15 is 0 Å². The van der Waals surface area contributed by atoms with Crippen LogP contribution in [-0.2, 0) is 7.05 Å². The number of hydrogen-bond acceptors (Lipinski definition) is 3. The maximum atomic E-state index is 5.75. The molecule has 2 heterocycles. The van der Waals surface area contributed by atoms with Crippen molar-refractivity contribution in [3.05, 3.63) is 29.0 Å². The largest absolute Gasteiger partial charge is 0.383 e. The summed E-state index contributed by atoms with van der Waals surface area (Å²) in [6.45, 7) is 0. The Morgan fingerprint density at radius 3 is 2.93 bits per heavy atom. The van der Waals surface area contributed by atoms with Crippen LogP contribution in [0.4, 0.5) is 5.82 Å². The molecule has 0 unspecified atom stereocenters. The second kappa shape index (κ2) is 3.42. The van der Waals surface area contributed by atoms with Crippen molar-refractivity contribution >= 4 is 21.7 Å². The molecule has 0 bridgehead atoms. The van der Waals surface area contributed by atoms with Gasteiger partial charge in [0, 0.05) is 29.5 Å². The van der Waals surface area contributed by atoms with Gasteiger partial charge in [0.25, 0.3) is 0 Å². The fourth-order valence-corrected chi connectivity index (χ4v) is 1.55. The fraction of sp³-hybridized carbons (Fsp3) is 0.111. The van der Waals surface area contributed by atoms with Crippen molar-refractivity contribution in [2.24, 2.45) is 7.05 Å². The Balaban J connectivity index is 2.55. The minimum atomic E-state index is 0.493. The van der Waals surface area contributed by atoms with Gasteiger partial charge in [0.2, 0.25) is 0 Å². The van der Waals surface area contributed by atoms with Crippen molar-refractivity contribution in [2.75, 3.05) is 5.73 Å². The van der Waals surface area contributed by atoms with Crippen molar-refractivity contribution in [2.45, 2.75) is 0 Å². The van der Waals surface area contributed by atoms with Crippen LogP contribution in [0.2, 0.25) is 0 Å². The van der Waals surface area contributed by atoms with E-state index in [2.05, 4.69) is 26.0 Å². The molecule has 0 spiro atoms. The molecule has 0 amide bonds. The highest BCUT2D eigenvalue weighted by atomic mass is 79.9. The highest BCUT2D eigenvalue weighted by Crippen LogP contribution is 2.25. The number of hydrogen-bond donors (Lipinski definition) is 1. The number of aryl methyl sites for hydroxylation is 1. The molecule has 5 heteroatoms. The van der Waals surface area contributed by atoms with E-state index in [1.165, 1.54) is 0 Å². The van der Waals surface area contributed by atoms with E-state index in [1.54, 1.807) is 10.9 Å². The molecule has 14 heavy (non-hydrogen) atoms. The standard InChI is InChI=1S/C9H9BrN4/c1-14-3-2-8(13-14)7-4-6(10)5-12-9(7)11/h2-5H,1H3,(H2,11,12). The molecule has 0 fully saturated rings. The molecule has 72 valence electrons. The summed E-state index contributed by atoms with van der Waals surface area (Å²) in [5, 5.41) is 4.26. The number of nitrogens with zero attached hydrogens (tertiary/aromatic N) is 3. The zero-order valence-electron chi connectivity index (χ0n) is 7.61. The van der Waals surface area contributed by atoms with Crippen molar-refractivity contribution < 1.29 is 0 Å². The summed E-state index contributed by atoms with van der Waals surface area (Å²) in [5.74, 6) is 0.493. The quantitative estimate of drug-likeness (QED) is 0.843. The van der Waals surface area contributed by atoms with E-state index in [0.29, 0.717) is 5.82 Å². The van der Waals surface area contributed by atoms with E-state index in [9.17, 15) is 0 Å². The molecule has 0 aromatic carbocycles. The first-order valence-electron chi connectivity index (χ1n) is 4.08. The van der Waals surface area contributed by atoms with Gasteiger partial charge in [-0.25, -0.2) is 4.98 Å². The summed E-state index contributed by atoms with van der Waals surface area (Å²) >= 11 is 3.35. The van der Waals surface area contributed by atoms with Crippen LogP contribution in [0, 0.1) is 0 Å². The van der Waals surface area contributed by atoms with E-state index in [1.807, 2.05) is 25.4 Å². The lowest BCUT2D eigenvalue weighted by Gasteiger charge is -2.01. The van der Waals surface area contributed by atoms with Gasteiger partial charge in [-0.3, -0.25) is 4.68 Å². The molecule has 0 atom stereocenters. The summed E-state index contributed by atoms with van der Waals surface area (Å²) in [6.07, 6.45) is 3.54. The van der Waals surface area contributed by atoms with Crippen molar-refractivity contribution in [1.82, 2.24) is 14.8 Å². The number of pyridine rings is 1. The van der Waals surface area contributed by atoms with E-state index in [-0.39, 0.29) is 0 Å². The van der Waals surface area contributed by atoms with Gasteiger partial charge in [-0.2, -0.15) is 5.10 Å². The zero-order valence-corrected chi connectivity index (χ0v) is 9.19. The second-order valence-corrected chi connectivity index (χ2v) is 3.88. The van der Waals surface area contributed by atoms with Crippen molar-refractivity contribution in [1.29, 1.82) is 0 Å². The van der Waals surface area contributed by atoms with Gasteiger partial charge in [0.15, 0.2) is 0 Å². The molecule has 0 saturated carbocycles. The Morgan fingerprint density at radius 2 is 2.29 bits per heavy atom. The molecule has 2 aromatic heterocycles. The van der Waals surface area contributed by atoms with Crippen LogP contribution in [0.5, 0.6) is 0 Å². The molecule has 0 aliphatic carbocycles. The Morgan fingerprint density at radius 1 is 1.50 bits per heavy atom. The minimum absolute atomic E-state index is 0.493. The van der Waals surface area contributed by atoms with Gasteiger partial charge in [-0.05, 0) is 28.1 Å². The lowest BCUT2D eigenvalue weighted by Crippen LogP contribution is -1.95. The predicted molar refractivity (Wildman–Crippen MR) is 58.6 cm³/mol. The van der Waals surface area contributed by atoms with E-state index < -0.39 is 0 Å².